The number of alkyl halides is 3. The summed E-state index contributed by atoms with van der Waals surface area (Å²) in [5, 5.41) is 0.526. The van der Waals surface area contributed by atoms with Crippen LogP contribution in [-0.4, -0.2) is 22.0 Å². The molecule has 0 N–H and O–H groups in total. The second kappa shape index (κ2) is 6.62. The Hall–Kier alpha value is -1.02. The van der Waals surface area contributed by atoms with Gasteiger partial charge in [0.15, 0.2) is 0 Å². The van der Waals surface area contributed by atoms with E-state index in [4.69, 9.17) is 0 Å². The summed E-state index contributed by atoms with van der Waals surface area (Å²) in [4.78, 5) is 0. The van der Waals surface area contributed by atoms with Crippen molar-refractivity contribution in [2.24, 2.45) is 0 Å². The first kappa shape index (κ1) is 19.0. The van der Waals surface area contributed by atoms with E-state index in [0.717, 1.165) is 0 Å². The van der Waals surface area contributed by atoms with Crippen LogP contribution in [0.3, 0.4) is 0 Å². The van der Waals surface area contributed by atoms with Gasteiger partial charge in [-0.15, -0.1) is 0 Å². The first-order valence-corrected chi connectivity index (χ1v) is 11.0. The van der Waals surface area contributed by atoms with Crippen molar-refractivity contribution >= 4 is 23.4 Å². The first-order valence-electron chi connectivity index (χ1n) is 6.05. The van der Waals surface area contributed by atoms with E-state index in [2.05, 4.69) is 4.18 Å². The molecule has 0 fully saturated rings. The predicted molar refractivity (Wildman–Crippen MR) is 76.4 cm³/mol. The summed E-state index contributed by atoms with van der Waals surface area (Å²) in [6.45, 7) is 9.65. The van der Waals surface area contributed by atoms with E-state index in [1.54, 1.807) is 12.1 Å². The van der Waals surface area contributed by atoms with E-state index in [0.29, 0.717) is 5.19 Å². The molecule has 0 aromatic heterocycles. The smallest absolute Gasteiger partial charge is 0.376 e. The third-order valence-electron chi connectivity index (χ3n) is 2.18. The number of para-hydroxylation sites is 1. The van der Waals surface area contributed by atoms with Crippen molar-refractivity contribution in [1.82, 2.24) is 0 Å². The van der Waals surface area contributed by atoms with Gasteiger partial charge in [0.05, 0.1) is 8.07 Å². The molecule has 0 saturated heterocycles. The number of hydrogen-bond donors (Lipinski definition) is 0. The summed E-state index contributed by atoms with van der Waals surface area (Å²) in [6, 6.07) is 5.90. The summed E-state index contributed by atoms with van der Waals surface area (Å²) in [6.07, 6.45) is 0. The standard InChI is InChI=1S/C10H13F3O3SSi.C2H6/c1-18(2,3)9-7-5-4-6-8(9)16-17(14,15)10(11,12)13;1-2/h4-7H,1-3H3;1-2H3. The fraction of sp³-hybridized carbons (Fsp3) is 0.500. The molecule has 0 amide bonds. The molecule has 1 aromatic carbocycles. The number of rotatable bonds is 3. The zero-order chi connectivity index (χ0) is 16.2. The molecule has 0 atom stereocenters. The molecule has 0 heterocycles. The lowest BCUT2D eigenvalue weighted by Crippen LogP contribution is -2.40. The summed E-state index contributed by atoms with van der Waals surface area (Å²) in [5.74, 6) is -0.242. The van der Waals surface area contributed by atoms with Crippen LogP contribution in [0.15, 0.2) is 24.3 Å². The van der Waals surface area contributed by atoms with E-state index in [9.17, 15) is 21.6 Å². The van der Waals surface area contributed by atoms with Gasteiger partial charge in [0.25, 0.3) is 0 Å². The van der Waals surface area contributed by atoms with Gasteiger partial charge in [-0.1, -0.05) is 51.7 Å². The summed E-state index contributed by atoms with van der Waals surface area (Å²) in [7, 11) is -7.60. The Morgan fingerprint density at radius 1 is 1.05 bits per heavy atom. The van der Waals surface area contributed by atoms with E-state index < -0.39 is 23.7 Å². The summed E-state index contributed by atoms with van der Waals surface area (Å²) >= 11 is 0. The van der Waals surface area contributed by atoms with Crippen molar-refractivity contribution in [2.45, 2.75) is 39.0 Å². The normalized spacial score (nSPS) is 12.4. The Balaban J connectivity index is 0.00000172. The van der Waals surface area contributed by atoms with Gasteiger partial charge < -0.3 is 4.18 Å². The monoisotopic (exact) mass is 328 g/mol. The largest absolute Gasteiger partial charge is 0.534 e. The maximum Gasteiger partial charge on any atom is 0.534 e. The molecule has 116 valence electrons. The summed E-state index contributed by atoms with van der Waals surface area (Å²) in [5.41, 5.74) is -5.42. The van der Waals surface area contributed by atoms with Crippen molar-refractivity contribution in [3.05, 3.63) is 24.3 Å². The van der Waals surface area contributed by atoms with Gasteiger partial charge >= 0.3 is 15.6 Å². The second-order valence-corrected chi connectivity index (χ2v) is 11.3. The fourth-order valence-electron chi connectivity index (χ4n) is 1.32. The fourth-order valence-corrected chi connectivity index (χ4v) is 3.34. The molecule has 1 rings (SSSR count). The maximum absolute atomic E-state index is 12.2. The molecule has 0 saturated carbocycles. The van der Waals surface area contributed by atoms with E-state index in [-0.39, 0.29) is 5.75 Å². The third kappa shape index (κ3) is 4.82. The highest BCUT2D eigenvalue weighted by Crippen LogP contribution is 2.27. The van der Waals surface area contributed by atoms with Crippen molar-refractivity contribution < 1.29 is 25.8 Å². The van der Waals surface area contributed by atoms with Gasteiger partial charge in [-0.2, -0.15) is 21.6 Å². The zero-order valence-electron chi connectivity index (χ0n) is 12.1. The zero-order valence-corrected chi connectivity index (χ0v) is 13.9. The van der Waals surface area contributed by atoms with Crippen LogP contribution >= 0.6 is 0 Å². The Kier molecular flexibility index (Phi) is 6.28. The van der Waals surface area contributed by atoms with Crippen LogP contribution in [0.5, 0.6) is 5.75 Å². The Bertz CT molecular complexity index is 534. The SMILES string of the molecule is CC.C[Si](C)(C)c1ccccc1OS(=O)(=O)C(F)(F)F. The first-order chi connectivity index (χ1) is 8.95. The topological polar surface area (TPSA) is 43.4 Å². The minimum atomic E-state index is -5.61. The van der Waals surface area contributed by atoms with Gasteiger partial charge in [-0.25, -0.2) is 0 Å². The van der Waals surface area contributed by atoms with Crippen LogP contribution in [0.4, 0.5) is 13.2 Å². The van der Waals surface area contributed by atoms with Crippen LogP contribution in [0.25, 0.3) is 0 Å². The molecule has 1 aromatic rings. The van der Waals surface area contributed by atoms with Crippen molar-refractivity contribution in [1.29, 1.82) is 0 Å². The molecule has 3 nitrogen and oxygen atoms in total. The van der Waals surface area contributed by atoms with E-state index in [1.165, 1.54) is 12.1 Å². The maximum atomic E-state index is 12.2. The lowest BCUT2D eigenvalue weighted by molar-refractivity contribution is -0.0499. The Morgan fingerprint density at radius 3 is 1.90 bits per heavy atom. The van der Waals surface area contributed by atoms with Crippen molar-refractivity contribution in [3.63, 3.8) is 0 Å². The predicted octanol–water partition coefficient (Wildman–Crippen LogP) is 3.49. The Labute approximate surface area is 118 Å². The average molecular weight is 328 g/mol. The molecular formula is C12H19F3O3SSi. The number of hydrogen-bond acceptors (Lipinski definition) is 3. The van der Waals surface area contributed by atoms with E-state index >= 15 is 0 Å². The quantitative estimate of drug-likeness (QED) is 0.485. The highest BCUT2D eigenvalue weighted by molar-refractivity contribution is 7.88. The van der Waals surface area contributed by atoms with Gasteiger partial charge in [-0.3, -0.25) is 0 Å². The molecule has 0 aliphatic carbocycles. The second-order valence-electron chi connectivity index (χ2n) is 4.73. The lowest BCUT2D eigenvalue weighted by Gasteiger charge is -2.20. The minimum absolute atomic E-state index is 0.242. The molecule has 0 bridgehead atoms. The number of halogens is 3. The highest BCUT2D eigenvalue weighted by atomic mass is 32.2. The van der Waals surface area contributed by atoms with Gasteiger partial charge in [0.1, 0.15) is 5.75 Å². The van der Waals surface area contributed by atoms with Crippen molar-refractivity contribution in [2.75, 3.05) is 0 Å². The minimum Gasteiger partial charge on any atom is -0.376 e. The number of benzene rings is 1. The molecule has 20 heavy (non-hydrogen) atoms. The van der Waals surface area contributed by atoms with Crippen LogP contribution in [0.2, 0.25) is 19.6 Å². The van der Waals surface area contributed by atoms with Crippen molar-refractivity contribution in [3.8, 4) is 5.75 Å². The molecule has 0 aliphatic rings. The van der Waals surface area contributed by atoms with Gasteiger partial charge in [0, 0.05) is 0 Å². The van der Waals surface area contributed by atoms with Crippen LogP contribution in [0, 0.1) is 0 Å². The lowest BCUT2D eigenvalue weighted by atomic mass is 10.3. The Morgan fingerprint density at radius 2 is 1.50 bits per heavy atom. The van der Waals surface area contributed by atoms with Crippen LogP contribution in [-0.2, 0) is 10.1 Å². The molecular weight excluding hydrogens is 309 g/mol. The molecule has 8 heteroatoms. The van der Waals surface area contributed by atoms with Gasteiger partial charge in [0.2, 0.25) is 0 Å². The van der Waals surface area contributed by atoms with Crippen LogP contribution in [0.1, 0.15) is 13.8 Å². The molecule has 0 unspecified atom stereocenters. The third-order valence-corrected chi connectivity index (χ3v) is 5.17. The summed E-state index contributed by atoms with van der Waals surface area (Å²) < 4.78 is 62.9. The molecule has 0 radical (unpaired) electrons. The average Bonchev–Trinajstić information content (AvgIpc) is 2.29. The molecule has 0 aliphatic heterocycles. The molecule has 0 spiro atoms. The van der Waals surface area contributed by atoms with E-state index in [1.807, 2.05) is 33.5 Å². The van der Waals surface area contributed by atoms with Crippen LogP contribution < -0.4 is 9.37 Å². The highest BCUT2D eigenvalue weighted by Gasteiger charge is 2.49. The van der Waals surface area contributed by atoms with Gasteiger partial charge in [-0.05, 0) is 11.3 Å².